The van der Waals surface area contributed by atoms with Gasteiger partial charge in [0.2, 0.25) is 5.91 Å². The van der Waals surface area contributed by atoms with E-state index in [-0.39, 0.29) is 30.4 Å². The first kappa shape index (κ1) is 22.8. The van der Waals surface area contributed by atoms with Crippen LogP contribution in [-0.2, 0) is 4.79 Å². The Labute approximate surface area is 193 Å². The maximum atomic E-state index is 12.6. The van der Waals surface area contributed by atoms with Crippen LogP contribution >= 0.6 is 0 Å². The number of benzene rings is 2. The molecular weight excluding hydrogens is 420 g/mol. The maximum Gasteiger partial charge on any atom is 0.246 e. The van der Waals surface area contributed by atoms with E-state index in [2.05, 4.69) is 10.2 Å². The molecule has 8 heteroatoms. The van der Waals surface area contributed by atoms with Gasteiger partial charge in [-0.25, -0.2) is 0 Å². The average molecular weight is 451 g/mol. The monoisotopic (exact) mass is 450 g/mol. The number of aliphatic hydroxyl groups excluding tert-OH is 1. The molecule has 2 aromatic carbocycles. The summed E-state index contributed by atoms with van der Waals surface area (Å²) in [7, 11) is 3.89. The number of aromatic hydroxyl groups is 1. The first-order valence-electron chi connectivity index (χ1n) is 11.1. The van der Waals surface area contributed by atoms with Crippen molar-refractivity contribution in [2.75, 3.05) is 33.8 Å². The molecule has 174 valence electrons. The van der Waals surface area contributed by atoms with Gasteiger partial charge < -0.3 is 24.7 Å². The number of carbonyl (C=O) groups excluding carboxylic acids is 1. The number of phenolic OH excluding ortho intramolecular Hbond substituents is 1. The number of fused-ring (bicyclic) bond motifs is 1. The van der Waals surface area contributed by atoms with Crippen LogP contribution in [0.3, 0.4) is 0 Å². The topological polar surface area (TPSA) is 102 Å². The molecule has 0 saturated heterocycles. The van der Waals surface area contributed by atoms with Crippen molar-refractivity contribution < 1.29 is 19.7 Å². The van der Waals surface area contributed by atoms with Crippen molar-refractivity contribution in [2.24, 2.45) is 0 Å². The third-order valence-corrected chi connectivity index (χ3v) is 5.88. The Kier molecular flexibility index (Phi) is 6.96. The minimum Gasteiger partial charge on any atom is -0.508 e. The Hall–Kier alpha value is -3.36. The molecule has 1 aliphatic carbocycles. The number of likely N-dealkylation sites (N-methyl/N-ethyl adjacent to an activating group) is 1. The van der Waals surface area contributed by atoms with E-state index in [4.69, 9.17) is 4.74 Å². The SMILES string of the molecule is CN(C)C/C=C/C(=O)N(CCO)C1CC(Oc2cc(-c3ccc(O)cc3)cc3[nH]ncc23)C1. The Morgan fingerprint density at radius 3 is 2.67 bits per heavy atom. The van der Waals surface area contributed by atoms with Gasteiger partial charge in [0, 0.05) is 38.0 Å². The van der Waals surface area contributed by atoms with Crippen molar-refractivity contribution >= 4 is 16.8 Å². The fraction of sp³-hybridized carbons (Fsp3) is 0.360. The zero-order chi connectivity index (χ0) is 23.4. The first-order valence-corrected chi connectivity index (χ1v) is 11.1. The van der Waals surface area contributed by atoms with Crippen molar-refractivity contribution in [2.45, 2.75) is 25.0 Å². The van der Waals surface area contributed by atoms with E-state index >= 15 is 0 Å². The maximum absolute atomic E-state index is 12.6. The van der Waals surface area contributed by atoms with E-state index in [1.807, 2.05) is 49.3 Å². The molecule has 4 rings (SSSR count). The van der Waals surface area contributed by atoms with E-state index in [0.717, 1.165) is 27.8 Å². The van der Waals surface area contributed by atoms with Gasteiger partial charge in [0.1, 0.15) is 17.6 Å². The van der Waals surface area contributed by atoms with Gasteiger partial charge in [0.25, 0.3) is 0 Å². The smallest absolute Gasteiger partial charge is 0.246 e. The summed E-state index contributed by atoms with van der Waals surface area (Å²) < 4.78 is 6.32. The Bertz CT molecular complexity index is 1120. The van der Waals surface area contributed by atoms with Crippen LogP contribution in [0.25, 0.3) is 22.0 Å². The lowest BCUT2D eigenvalue weighted by atomic mass is 9.87. The summed E-state index contributed by atoms with van der Waals surface area (Å²) in [5.74, 6) is 0.872. The molecule has 33 heavy (non-hydrogen) atoms. The van der Waals surface area contributed by atoms with Gasteiger partial charge in [0.05, 0.1) is 23.7 Å². The highest BCUT2D eigenvalue weighted by molar-refractivity contribution is 5.90. The lowest BCUT2D eigenvalue weighted by Crippen LogP contribution is -2.52. The van der Waals surface area contributed by atoms with Gasteiger partial charge in [-0.05, 0) is 49.5 Å². The number of H-pyrrole nitrogens is 1. The zero-order valence-electron chi connectivity index (χ0n) is 18.9. The second-order valence-corrected chi connectivity index (χ2v) is 8.64. The average Bonchev–Trinajstić information content (AvgIpc) is 3.23. The van der Waals surface area contributed by atoms with Crippen molar-refractivity contribution in [3.63, 3.8) is 0 Å². The predicted octanol–water partition coefficient (Wildman–Crippen LogP) is 2.78. The molecule has 1 saturated carbocycles. The summed E-state index contributed by atoms with van der Waals surface area (Å²) in [6.45, 7) is 0.928. The van der Waals surface area contributed by atoms with Gasteiger partial charge in [-0.15, -0.1) is 0 Å². The highest BCUT2D eigenvalue weighted by Gasteiger charge is 2.37. The molecule has 0 radical (unpaired) electrons. The zero-order valence-corrected chi connectivity index (χ0v) is 18.9. The van der Waals surface area contributed by atoms with Crippen LogP contribution in [0.1, 0.15) is 12.8 Å². The Balaban J connectivity index is 1.45. The predicted molar refractivity (Wildman–Crippen MR) is 127 cm³/mol. The molecule has 1 aromatic heterocycles. The number of nitrogens with one attached hydrogen (secondary N) is 1. The standard InChI is InChI=1S/C25H30N4O4/c1-28(2)9-3-4-25(32)29(10-11-30)19-14-21(15-19)33-24-13-18(12-23-22(24)16-26-27-23)17-5-7-20(31)8-6-17/h3-8,12-13,16,19,21,30-31H,9-11,14-15H2,1-2H3,(H,26,27)/b4-3+. The van der Waals surface area contributed by atoms with Gasteiger partial charge >= 0.3 is 0 Å². The number of nitrogens with zero attached hydrogens (tertiary/aromatic N) is 3. The van der Waals surface area contributed by atoms with Crippen LogP contribution in [0, 0.1) is 0 Å². The van der Waals surface area contributed by atoms with Crippen LogP contribution in [0.2, 0.25) is 0 Å². The molecule has 1 aliphatic rings. The summed E-state index contributed by atoms with van der Waals surface area (Å²) in [5.41, 5.74) is 2.79. The van der Waals surface area contributed by atoms with E-state index < -0.39 is 0 Å². The number of aliphatic hydroxyl groups is 1. The molecule has 3 N–H and O–H groups in total. The Morgan fingerprint density at radius 1 is 1.21 bits per heavy atom. The summed E-state index contributed by atoms with van der Waals surface area (Å²) in [6.07, 6.45) is 6.55. The number of phenols is 1. The lowest BCUT2D eigenvalue weighted by Gasteiger charge is -2.42. The molecule has 8 nitrogen and oxygen atoms in total. The number of aromatic nitrogens is 2. The van der Waals surface area contributed by atoms with Crippen molar-refractivity contribution in [1.82, 2.24) is 20.0 Å². The highest BCUT2D eigenvalue weighted by atomic mass is 16.5. The fourth-order valence-corrected chi connectivity index (χ4v) is 4.05. The molecule has 1 fully saturated rings. The minimum absolute atomic E-state index is 0.0251. The molecule has 0 atom stereocenters. The molecule has 0 spiro atoms. The molecule has 1 heterocycles. The molecule has 0 bridgehead atoms. The van der Waals surface area contributed by atoms with Gasteiger partial charge in [-0.1, -0.05) is 18.2 Å². The number of aromatic amines is 1. The number of rotatable bonds is 9. The second-order valence-electron chi connectivity index (χ2n) is 8.64. The summed E-state index contributed by atoms with van der Waals surface area (Å²) in [5, 5.41) is 27.1. The third kappa shape index (κ3) is 5.35. The molecule has 0 aliphatic heterocycles. The second kappa shape index (κ2) is 10.1. The number of carbonyl (C=O) groups is 1. The highest BCUT2D eigenvalue weighted by Crippen LogP contribution is 2.36. The molecule has 3 aromatic rings. The number of hydrogen-bond acceptors (Lipinski definition) is 6. The number of hydrogen-bond donors (Lipinski definition) is 3. The number of ether oxygens (including phenoxy) is 1. The van der Waals surface area contributed by atoms with Crippen molar-refractivity contribution in [3.8, 4) is 22.6 Å². The van der Waals surface area contributed by atoms with Crippen LogP contribution in [0.15, 0.2) is 54.7 Å². The number of amides is 1. The quantitative estimate of drug-likeness (QED) is 0.434. The van der Waals surface area contributed by atoms with Gasteiger partial charge in [-0.3, -0.25) is 9.89 Å². The minimum atomic E-state index is -0.0825. The summed E-state index contributed by atoms with van der Waals surface area (Å²) >= 11 is 0. The molecule has 0 unspecified atom stereocenters. The summed E-state index contributed by atoms with van der Waals surface area (Å²) in [6, 6.07) is 11.1. The van der Waals surface area contributed by atoms with Crippen molar-refractivity contribution in [3.05, 3.63) is 54.7 Å². The fourth-order valence-electron chi connectivity index (χ4n) is 4.05. The third-order valence-electron chi connectivity index (χ3n) is 5.88. The van der Waals surface area contributed by atoms with Crippen molar-refractivity contribution in [1.29, 1.82) is 0 Å². The molecular formula is C25H30N4O4. The van der Waals surface area contributed by atoms with Crippen LogP contribution in [-0.4, -0.2) is 82.1 Å². The van der Waals surface area contributed by atoms with E-state index in [0.29, 0.717) is 25.9 Å². The Morgan fingerprint density at radius 2 is 1.97 bits per heavy atom. The summed E-state index contributed by atoms with van der Waals surface area (Å²) in [4.78, 5) is 16.3. The van der Waals surface area contributed by atoms with Crippen LogP contribution in [0.4, 0.5) is 0 Å². The molecule has 1 amide bonds. The van der Waals surface area contributed by atoms with E-state index in [9.17, 15) is 15.0 Å². The van der Waals surface area contributed by atoms with E-state index in [1.54, 1.807) is 29.3 Å². The first-order chi connectivity index (χ1) is 15.9. The normalized spacial score (nSPS) is 18.1. The van der Waals surface area contributed by atoms with Crippen LogP contribution < -0.4 is 4.74 Å². The van der Waals surface area contributed by atoms with Crippen LogP contribution in [0.5, 0.6) is 11.5 Å². The lowest BCUT2D eigenvalue weighted by molar-refractivity contribution is -0.132. The van der Waals surface area contributed by atoms with E-state index in [1.165, 1.54) is 0 Å². The van der Waals surface area contributed by atoms with Gasteiger partial charge in [-0.2, -0.15) is 5.10 Å². The van der Waals surface area contributed by atoms with Gasteiger partial charge in [0.15, 0.2) is 0 Å². The largest absolute Gasteiger partial charge is 0.508 e.